The smallest absolute Gasteiger partial charge is 0.252 e. The molecule has 2 aromatic rings. The van der Waals surface area contributed by atoms with E-state index in [1.165, 1.54) is 11.3 Å². The van der Waals surface area contributed by atoms with E-state index in [2.05, 4.69) is 10.3 Å². The molecule has 112 valence electrons. The Bertz CT molecular complexity index is 649. The minimum absolute atomic E-state index is 0.273. The number of carbonyl (C=O) groups excluding carboxylic acids is 1. The van der Waals surface area contributed by atoms with Gasteiger partial charge in [0.05, 0.1) is 6.04 Å². The van der Waals surface area contributed by atoms with Crippen molar-refractivity contribution in [2.45, 2.75) is 26.3 Å². The molecule has 3 nitrogen and oxygen atoms in total. The molecule has 21 heavy (non-hydrogen) atoms. The van der Waals surface area contributed by atoms with Gasteiger partial charge in [-0.15, -0.1) is 11.3 Å². The van der Waals surface area contributed by atoms with Gasteiger partial charge in [0.2, 0.25) is 0 Å². The minimum Gasteiger partial charge on any atom is -0.343 e. The lowest BCUT2D eigenvalue weighted by atomic mass is 10.2. The molecule has 0 radical (unpaired) electrons. The predicted molar refractivity (Wildman–Crippen MR) is 73.7 cm³/mol. The normalized spacial score (nSPS) is 12.2. The van der Waals surface area contributed by atoms with Crippen LogP contribution in [0.25, 0.3) is 0 Å². The van der Waals surface area contributed by atoms with Gasteiger partial charge in [0.25, 0.3) is 5.91 Å². The summed E-state index contributed by atoms with van der Waals surface area (Å²) in [5, 5.41) is 3.27. The Kier molecular flexibility index (Phi) is 4.62. The minimum atomic E-state index is -1.59. The van der Waals surface area contributed by atoms with Crippen LogP contribution in [0.2, 0.25) is 0 Å². The molecular weight excluding hydrogens is 301 g/mol. The van der Waals surface area contributed by atoms with Crippen LogP contribution in [-0.4, -0.2) is 10.9 Å². The Hall–Kier alpha value is -1.89. The van der Waals surface area contributed by atoms with E-state index in [0.29, 0.717) is 17.1 Å². The number of nitrogens with zero attached hydrogens (tertiary/aromatic N) is 1. The van der Waals surface area contributed by atoms with Crippen LogP contribution in [0.3, 0.4) is 0 Å². The fraction of sp³-hybridized carbons (Fsp3) is 0.286. The summed E-state index contributed by atoms with van der Waals surface area (Å²) in [5.74, 6) is -5.06. The molecular formula is C14H13F3N2OS. The average molecular weight is 314 g/mol. The molecule has 1 N–H and O–H groups in total. The van der Waals surface area contributed by atoms with Gasteiger partial charge >= 0.3 is 0 Å². The number of hydrogen-bond donors (Lipinski definition) is 1. The summed E-state index contributed by atoms with van der Waals surface area (Å²) < 4.78 is 39.1. The van der Waals surface area contributed by atoms with Crippen molar-refractivity contribution >= 4 is 17.2 Å². The fourth-order valence-corrected chi connectivity index (χ4v) is 2.57. The topological polar surface area (TPSA) is 42.0 Å². The zero-order valence-corrected chi connectivity index (χ0v) is 12.2. The van der Waals surface area contributed by atoms with Gasteiger partial charge in [-0.05, 0) is 25.5 Å². The zero-order valence-electron chi connectivity index (χ0n) is 11.4. The number of thiazole rings is 1. The van der Waals surface area contributed by atoms with Crippen LogP contribution >= 0.6 is 11.3 Å². The second-order valence-corrected chi connectivity index (χ2v) is 5.61. The first-order valence-electron chi connectivity index (χ1n) is 6.32. The molecule has 2 rings (SSSR count). The van der Waals surface area contributed by atoms with Crippen molar-refractivity contribution in [3.05, 3.63) is 51.2 Å². The van der Waals surface area contributed by atoms with Crippen LogP contribution in [0.1, 0.15) is 40.1 Å². The lowest BCUT2D eigenvalue weighted by Crippen LogP contribution is -2.26. The van der Waals surface area contributed by atoms with Gasteiger partial charge in [-0.1, -0.05) is 6.92 Å². The summed E-state index contributed by atoms with van der Waals surface area (Å²) in [4.78, 5) is 17.2. The third-order valence-corrected chi connectivity index (χ3v) is 4.21. The number of benzene rings is 1. The van der Waals surface area contributed by atoms with Crippen LogP contribution in [0, 0.1) is 17.5 Å². The fourth-order valence-electron chi connectivity index (χ4n) is 1.71. The van der Waals surface area contributed by atoms with E-state index in [-0.39, 0.29) is 5.56 Å². The van der Waals surface area contributed by atoms with Gasteiger partial charge in [-0.25, -0.2) is 18.2 Å². The number of nitrogens with one attached hydrogen (secondary N) is 1. The van der Waals surface area contributed by atoms with Gasteiger partial charge in [-0.2, -0.15) is 0 Å². The predicted octanol–water partition coefficient (Wildman–Crippen LogP) is 3.61. The summed E-state index contributed by atoms with van der Waals surface area (Å²) in [7, 11) is 0. The summed E-state index contributed by atoms with van der Waals surface area (Å²) in [5.41, 5.74) is -0.273. The number of aryl methyl sites for hydroxylation is 1. The van der Waals surface area contributed by atoms with E-state index >= 15 is 0 Å². The molecule has 1 aromatic heterocycles. The molecule has 0 aliphatic heterocycles. The van der Waals surface area contributed by atoms with Crippen LogP contribution in [0.15, 0.2) is 18.3 Å². The maximum atomic E-state index is 13.1. The molecule has 0 bridgehead atoms. The number of halogens is 3. The number of carbonyl (C=O) groups is 1. The summed E-state index contributed by atoms with van der Waals surface area (Å²) >= 11 is 1.45. The highest BCUT2D eigenvalue weighted by atomic mass is 32.1. The quantitative estimate of drug-likeness (QED) is 0.876. The van der Waals surface area contributed by atoms with Crippen LogP contribution in [-0.2, 0) is 6.42 Å². The Balaban J connectivity index is 2.14. The van der Waals surface area contributed by atoms with Gasteiger partial charge in [0.15, 0.2) is 17.5 Å². The second kappa shape index (κ2) is 6.26. The molecule has 1 unspecified atom stereocenters. The number of aromatic nitrogens is 1. The highest BCUT2D eigenvalue weighted by molar-refractivity contribution is 7.11. The van der Waals surface area contributed by atoms with Gasteiger partial charge < -0.3 is 5.32 Å². The van der Waals surface area contributed by atoms with Crippen molar-refractivity contribution in [3.63, 3.8) is 0 Å². The Labute approximate surface area is 123 Å². The summed E-state index contributed by atoms with van der Waals surface area (Å²) in [6.45, 7) is 3.71. The highest BCUT2D eigenvalue weighted by Crippen LogP contribution is 2.21. The molecule has 0 saturated carbocycles. The molecule has 7 heteroatoms. The second-order valence-electron chi connectivity index (χ2n) is 4.47. The van der Waals surface area contributed by atoms with E-state index in [9.17, 15) is 18.0 Å². The van der Waals surface area contributed by atoms with E-state index < -0.39 is 29.4 Å². The van der Waals surface area contributed by atoms with Crippen LogP contribution < -0.4 is 5.32 Å². The van der Waals surface area contributed by atoms with Crippen LogP contribution in [0.4, 0.5) is 13.2 Å². The third-order valence-electron chi connectivity index (χ3n) is 2.88. The SMILES string of the molecule is CCc1cnc(C(C)NC(=O)c2cc(F)c(F)c(F)c2)s1. The molecule has 0 spiro atoms. The third kappa shape index (κ3) is 3.41. The molecule has 0 aliphatic carbocycles. The largest absolute Gasteiger partial charge is 0.343 e. The molecule has 0 fully saturated rings. The number of amides is 1. The maximum Gasteiger partial charge on any atom is 0.252 e. The van der Waals surface area contributed by atoms with E-state index in [0.717, 1.165) is 11.3 Å². The van der Waals surface area contributed by atoms with Crippen molar-refractivity contribution in [1.29, 1.82) is 0 Å². The molecule has 1 heterocycles. The van der Waals surface area contributed by atoms with Crippen molar-refractivity contribution in [2.75, 3.05) is 0 Å². The van der Waals surface area contributed by atoms with Gasteiger partial charge in [-0.3, -0.25) is 4.79 Å². The van der Waals surface area contributed by atoms with E-state index in [4.69, 9.17) is 0 Å². The Morgan fingerprint density at radius 3 is 2.48 bits per heavy atom. The first kappa shape index (κ1) is 15.5. The standard InChI is InChI=1S/C14H13F3N2OS/c1-3-9-6-18-14(21-9)7(2)19-13(20)8-4-10(15)12(17)11(16)5-8/h4-7H,3H2,1-2H3,(H,19,20). The maximum absolute atomic E-state index is 13.1. The number of rotatable bonds is 4. The van der Waals surface area contributed by atoms with Crippen LogP contribution in [0.5, 0.6) is 0 Å². The van der Waals surface area contributed by atoms with Crippen molar-refractivity contribution in [2.24, 2.45) is 0 Å². The molecule has 1 atom stereocenters. The molecule has 1 aromatic carbocycles. The van der Waals surface area contributed by atoms with Crippen molar-refractivity contribution in [1.82, 2.24) is 10.3 Å². The first-order valence-corrected chi connectivity index (χ1v) is 7.14. The van der Waals surface area contributed by atoms with Crippen molar-refractivity contribution < 1.29 is 18.0 Å². The average Bonchev–Trinajstić information content (AvgIpc) is 2.93. The molecule has 1 amide bonds. The van der Waals surface area contributed by atoms with Gasteiger partial charge in [0.1, 0.15) is 5.01 Å². The molecule has 0 saturated heterocycles. The lowest BCUT2D eigenvalue weighted by Gasteiger charge is -2.11. The summed E-state index contributed by atoms with van der Waals surface area (Å²) in [6.07, 6.45) is 2.56. The van der Waals surface area contributed by atoms with Gasteiger partial charge in [0, 0.05) is 16.6 Å². The monoisotopic (exact) mass is 314 g/mol. The Morgan fingerprint density at radius 2 is 1.95 bits per heavy atom. The van der Waals surface area contributed by atoms with E-state index in [1.807, 2.05) is 6.92 Å². The zero-order chi connectivity index (χ0) is 15.6. The summed E-state index contributed by atoms with van der Waals surface area (Å²) in [6, 6.07) is 0.929. The number of hydrogen-bond acceptors (Lipinski definition) is 3. The molecule has 0 aliphatic rings. The lowest BCUT2D eigenvalue weighted by molar-refractivity contribution is 0.0938. The highest BCUT2D eigenvalue weighted by Gasteiger charge is 2.18. The van der Waals surface area contributed by atoms with Crippen molar-refractivity contribution in [3.8, 4) is 0 Å². The first-order chi connectivity index (χ1) is 9.92. The van der Waals surface area contributed by atoms with E-state index in [1.54, 1.807) is 13.1 Å². The Morgan fingerprint density at radius 1 is 1.33 bits per heavy atom.